The van der Waals surface area contributed by atoms with Crippen molar-refractivity contribution < 1.29 is 9.59 Å². The van der Waals surface area contributed by atoms with Crippen molar-refractivity contribution in [3.8, 4) is 0 Å². The van der Waals surface area contributed by atoms with Gasteiger partial charge in [-0.25, -0.2) is 0 Å². The largest absolute Gasteiger partial charge is 0.289 e. The highest BCUT2D eigenvalue weighted by atomic mass is 16.2. The molecule has 3 aromatic rings. The molecule has 1 aliphatic rings. The first-order valence-electron chi connectivity index (χ1n) is 8.26. The third kappa shape index (κ3) is 2.62. The van der Waals surface area contributed by atoms with E-state index >= 15 is 0 Å². The molecular formula is C23H16O2. The van der Waals surface area contributed by atoms with Crippen LogP contribution in [0.3, 0.4) is 0 Å². The SMILES string of the molecule is O=C1C(=O)[C@H](c2ccccc2)C(c2ccccc2)=C1c1ccccc1. The van der Waals surface area contributed by atoms with Gasteiger partial charge < -0.3 is 0 Å². The monoisotopic (exact) mass is 324 g/mol. The molecule has 0 amide bonds. The lowest BCUT2D eigenvalue weighted by molar-refractivity contribution is -0.132. The molecule has 120 valence electrons. The van der Waals surface area contributed by atoms with Crippen LogP contribution in [0.5, 0.6) is 0 Å². The maximum Gasteiger partial charge on any atom is 0.230 e. The summed E-state index contributed by atoms with van der Waals surface area (Å²) in [5.41, 5.74) is 3.87. The fraction of sp³-hybridized carbons (Fsp3) is 0.0435. The molecule has 0 spiro atoms. The first-order valence-corrected chi connectivity index (χ1v) is 8.26. The minimum Gasteiger partial charge on any atom is -0.289 e. The van der Waals surface area contributed by atoms with Crippen LogP contribution in [-0.4, -0.2) is 11.6 Å². The molecule has 1 aliphatic carbocycles. The third-order valence-corrected chi connectivity index (χ3v) is 4.55. The van der Waals surface area contributed by atoms with Crippen LogP contribution < -0.4 is 0 Å². The molecule has 0 aliphatic heterocycles. The van der Waals surface area contributed by atoms with Crippen LogP contribution >= 0.6 is 0 Å². The number of allylic oxidation sites excluding steroid dienone is 2. The summed E-state index contributed by atoms with van der Waals surface area (Å²) in [5.74, 6) is -1.31. The van der Waals surface area contributed by atoms with Gasteiger partial charge in [0.05, 0.1) is 5.92 Å². The first-order chi connectivity index (χ1) is 12.3. The van der Waals surface area contributed by atoms with Gasteiger partial charge in [-0.3, -0.25) is 9.59 Å². The van der Waals surface area contributed by atoms with Gasteiger partial charge in [0.1, 0.15) is 0 Å². The van der Waals surface area contributed by atoms with Gasteiger partial charge >= 0.3 is 0 Å². The van der Waals surface area contributed by atoms with E-state index in [-0.39, 0.29) is 5.78 Å². The van der Waals surface area contributed by atoms with E-state index in [9.17, 15) is 9.59 Å². The Hall–Kier alpha value is -3.26. The lowest BCUT2D eigenvalue weighted by Gasteiger charge is -2.15. The molecule has 0 bridgehead atoms. The van der Waals surface area contributed by atoms with Crippen molar-refractivity contribution in [1.29, 1.82) is 0 Å². The highest BCUT2D eigenvalue weighted by Crippen LogP contribution is 2.44. The maximum absolute atomic E-state index is 12.9. The number of carbonyl (C=O) groups excluding carboxylic acids is 2. The Morgan fingerprint density at radius 2 is 1.04 bits per heavy atom. The van der Waals surface area contributed by atoms with E-state index in [4.69, 9.17) is 0 Å². The third-order valence-electron chi connectivity index (χ3n) is 4.55. The Morgan fingerprint density at radius 3 is 1.60 bits per heavy atom. The van der Waals surface area contributed by atoms with E-state index in [0.29, 0.717) is 5.57 Å². The average Bonchev–Trinajstić information content (AvgIpc) is 2.95. The van der Waals surface area contributed by atoms with Gasteiger partial charge in [-0.2, -0.15) is 0 Å². The summed E-state index contributed by atoms with van der Waals surface area (Å²) in [6.07, 6.45) is 0. The molecule has 4 rings (SSSR count). The topological polar surface area (TPSA) is 34.1 Å². The highest BCUT2D eigenvalue weighted by Gasteiger charge is 2.42. The minimum atomic E-state index is -0.550. The Balaban J connectivity index is 2.00. The number of benzene rings is 3. The van der Waals surface area contributed by atoms with Crippen LogP contribution in [0.25, 0.3) is 11.1 Å². The molecule has 25 heavy (non-hydrogen) atoms. The summed E-state index contributed by atoms with van der Waals surface area (Å²) < 4.78 is 0. The van der Waals surface area contributed by atoms with E-state index in [1.807, 2.05) is 91.0 Å². The minimum absolute atomic E-state index is 0.357. The van der Waals surface area contributed by atoms with Gasteiger partial charge in [-0.1, -0.05) is 91.0 Å². The fourth-order valence-electron chi connectivity index (χ4n) is 3.44. The van der Waals surface area contributed by atoms with Gasteiger partial charge in [-0.15, -0.1) is 0 Å². The van der Waals surface area contributed by atoms with Gasteiger partial charge in [0.15, 0.2) is 0 Å². The number of carbonyl (C=O) groups is 2. The molecule has 0 saturated heterocycles. The zero-order chi connectivity index (χ0) is 17.2. The summed E-state index contributed by atoms with van der Waals surface area (Å²) in [7, 11) is 0. The van der Waals surface area contributed by atoms with E-state index in [1.165, 1.54) is 0 Å². The lowest BCUT2D eigenvalue weighted by Crippen LogP contribution is -2.15. The van der Waals surface area contributed by atoms with Gasteiger partial charge in [0, 0.05) is 5.57 Å². The van der Waals surface area contributed by atoms with E-state index in [0.717, 1.165) is 22.3 Å². The van der Waals surface area contributed by atoms with E-state index < -0.39 is 11.7 Å². The molecule has 0 radical (unpaired) electrons. The van der Waals surface area contributed by atoms with Crippen molar-refractivity contribution >= 4 is 22.7 Å². The second kappa shape index (κ2) is 6.33. The summed E-state index contributed by atoms with van der Waals surface area (Å²) in [6.45, 7) is 0. The molecule has 0 N–H and O–H groups in total. The Bertz CT molecular complexity index is 955. The smallest absolute Gasteiger partial charge is 0.230 e. The summed E-state index contributed by atoms with van der Waals surface area (Å²) in [6, 6.07) is 28.7. The number of rotatable bonds is 3. The number of hydrogen-bond acceptors (Lipinski definition) is 2. The molecule has 3 aromatic carbocycles. The van der Waals surface area contributed by atoms with Crippen LogP contribution in [-0.2, 0) is 9.59 Å². The normalized spacial score (nSPS) is 17.2. The van der Waals surface area contributed by atoms with Crippen molar-refractivity contribution in [3.63, 3.8) is 0 Å². The van der Waals surface area contributed by atoms with Crippen molar-refractivity contribution in [2.75, 3.05) is 0 Å². The molecule has 0 unspecified atom stereocenters. The predicted molar refractivity (Wildman–Crippen MR) is 98.9 cm³/mol. The molecule has 0 heterocycles. The van der Waals surface area contributed by atoms with Gasteiger partial charge in [0.25, 0.3) is 0 Å². The van der Waals surface area contributed by atoms with E-state index in [1.54, 1.807) is 0 Å². The number of ketones is 2. The van der Waals surface area contributed by atoms with Crippen LogP contribution in [0.1, 0.15) is 22.6 Å². The van der Waals surface area contributed by atoms with Crippen molar-refractivity contribution in [2.45, 2.75) is 5.92 Å². The number of Topliss-reactive ketones (excluding diaryl/α,β-unsaturated/α-hetero) is 2. The summed E-state index contributed by atoms with van der Waals surface area (Å²) in [5, 5.41) is 0. The van der Waals surface area contributed by atoms with Crippen LogP contribution in [0.2, 0.25) is 0 Å². The number of hydrogen-bond donors (Lipinski definition) is 0. The zero-order valence-electron chi connectivity index (χ0n) is 13.6. The molecule has 2 heteroatoms. The van der Waals surface area contributed by atoms with E-state index in [2.05, 4.69) is 0 Å². The Kier molecular flexibility index (Phi) is 3.87. The Labute approximate surface area is 146 Å². The summed E-state index contributed by atoms with van der Waals surface area (Å²) >= 11 is 0. The lowest BCUT2D eigenvalue weighted by atomic mass is 9.86. The average molecular weight is 324 g/mol. The van der Waals surface area contributed by atoms with Crippen LogP contribution in [0.4, 0.5) is 0 Å². The molecule has 1 atom stereocenters. The molecule has 0 aromatic heterocycles. The van der Waals surface area contributed by atoms with Crippen LogP contribution in [0, 0.1) is 0 Å². The maximum atomic E-state index is 12.9. The Morgan fingerprint density at radius 1 is 0.560 bits per heavy atom. The van der Waals surface area contributed by atoms with Gasteiger partial charge in [0.2, 0.25) is 11.6 Å². The van der Waals surface area contributed by atoms with Crippen molar-refractivity contribution in [1.82, 2.24) is 0 Å². The summed E-state index contributed by atoms with van der Waals surface area (Å²) in [4.78, 5) is 25.7. The van der Waals surface area contributed by atoms with Crippen LogP contribution in [0.15, 0.2) is 91.0 Å². The second-order valence-electron chi connectivity index (χ2n) is 6.06. The quantitative estimate of drug-likeness (QED) is 0.663. The zero-order valence-corrected chi connectivity index (χ0v) is 13.6. The molecular weight excluding hydrogens is 308 g/mol. The molecule has 0 saturated carbocycles. The first kappa shape index (κ1) is 15.3. The molecule has 2 nitrogen and oxygen atoms in total. The molecule has 0 fully saturated rings. The second-order valence-corrected chi connectivity index (χ2v) is 6.06. The van der Waals surface area contributed by atoms with Crippen molar-refractivity contribution in [2.24, 2.45) is 0 Å². The van der Waals surface area contributed by atoms with Crippen molar-refractivity contribution in [3.05, 3.63) is 108 Å². The fourth-order valence-corrected chi connectivity index (χ4v) is 3.44. The van der Waals surface area contributed by atoms with Gasteiger partial charge in [-0.05, 0) is 22.3 Å². The standard InChI is InChI=1S/C23H16O2/c24-22-20(17-12-6-2-7-13-17)19(16-10-4-1-5-11-16)21(23(22)25)18-14-8-3-9-15-18/h1-15,20H/t20-/m1/s1. The predicted octanol–water partition coefficient (Wildman–Crippen LogP) is 4.53. The highest BCUT2D eigenvalue weighted by molar-refractivity contribution is 6.63.